The van der Waals surface area contributed by atoms with Gasteiger partial charge >= 0.3 is 0 Å². The average Bonchev–Trinajstić information content (AvgIpc) is 3.40. The number of pyridine rings is 1. The Morgan fingerprint density at radius 1 is 1.18 bits per heavy atom. The first-order chi connectivity index (χ1) is 16.1. The summed E-state index contributed by atoms with van der Waals surface area (Å²) in [5.41, 5.74) is 4.16. The van der Waals surface area contributed by atoms with E-state index in [1.807, 2.05) is 18.2 Å². The molecule has 1 amide bonds. The highest BCUT2D eigenvalue weighted by Crippen LogP contribution is 2.29. The number of rotatable bonds is 9. The van der Waals surface area contributed by atoms with Crippen LogP contribution >= 0.6 is 11.3 Å². The molecule has 0 aliphatic carbocycles. The van der Waals surface area contributed by atoms with Gasteiger partial charge in [0.05, 0.1) is 29.8 Å². The summed E-state index contributed by atoms with van der Waals surface area (Å²) < 4.78 is 6.94. The fourth-order valence-corrected chi connectivity index (χ4v) is 4.57. The van der Waals surface area contributed by atoms with Gasteiger partial charge in [0, 0.05) is 47.6 Å². The standard InChI is InChI=1S/C24H26N6O2S/c1-16-13-19(17(2)33-16)21-8-12-27-24(29-21)30-22(15-32-3)20(14-28-30)23(31)26-9-4-5-18-6-10-25-11-7-18/h6-8,10-14H,4-5,9,15H2,1-3H3,(H,26,31). The minimum absolute atomic E-state index is 0.191. The summed E-state index contributed by atoms with van der Waals surface area (Å²) in [6.45, 7) is 4.93. The first-order valence-corrected chi connectivity index (χ1v) is 11.5. The molecule has 4 aromatic rings. The molecule has 0 saturated carbocycles. The van der Waals surface area contributed by atoms with E-state index in [1.165, 1.54) is 15.3 Å². The molecule has 33 heavy (non-hydrogen) atoms. The first kappa shape index (κ1) is 22.8. The molecule has 0 aliphatic heterocycles. The highest BCUT2D eigenvalue weighted by molar-refractivity contribution is 7.12. The maximum absolute atomic E-state index is 12.9. The molecule has 0 radical (unpaired) electrons. The minimum atomic E-state index is -0.191. The zero-order valence-electron chi connectivity index (χ0n) is 18.9. The second kappa shape index (κ2) is 10.5. The van der Waals surface area contributed by atoms with E-state index in [0.717, 1.165) is 24.1 Å². The summed E-state index contributed by atoms with van der Waals surface area (Å²) in [4.78, 5) is 28.4. The molecule has 4 rings (SSSR count). The van der Waals surface area contributed by atoms with E-state index in [9.17, 15) is 4.79 Å². The fourth-order valence-electron chi connectivity index (χ4n) is 3.64. The zero-order valence-corrected chi connectivity index (χ0v) is 19.7. The third-order valence-corrected chi connectivity index (χ3v) is 6.19. The van der Waals surface area contributed by atoms with Gasteiger partial charge in [-0.3, -0.25) is 9.78 Å². The van der Waals surface area contributed by atoms with Crippen molar-refractivity contribution in [2.24, 2.45) is 0 Å². The molecular weight excluding hydrogens is 436 g/mol. The van der Waals surface area contributed by atoms with E-state index >= 15 is 0 Å². The lowest BCUT2D eigenvalue weighted by molar-refractivity contribution is 0.0948. The molecule has 0 spiro atoms. The number of ether oxygens (including phenoxy) is 1. The van der Waals surface area contributed by atoms with Crippen molar-refractivity contribution in [2.45, 2.75) is 33.3 Å². The van der Waals surface area contributed by atoms with E-state index in [-0.39, 0.29) is 12.5 Å². The van der Waals surface area contributed by atoms with Crippen molar-refractivity contribution in [1.82, 2.24) is 30.0 Å². The van der Waals surface area contributed by atoms with Crippen LogP contribution in [0.3, 0.4) is 0 Å². The van der Waals surface area contributed by atoms with Crippen LogP contribution in [0.4, 0.5) is 0 Å². The van der Waals surface area contributed by atoms with Crippen LogP contribution in [0.15, 0.2) is 49.1 Å². The molecule has 0 unspecified atom stereocenters. The minimum Gasteiger partial charge on any atom is -0.378 e. The number of carbonyl (C=O) groups excluding carboxylic acids is 1. The molecule has 0 atom stereocenters. The molecule has 4 heterocycles. The molecule has 0 aliphatic rings. The number of thiophene rings is 1. The van der Waals surface area contributed by atoms with Crippen LogP contribution in [0.1, 0.15) is 37.8 Å². The number of methoxy groups -OCH3 is 1. The van der Waals surface area contributed by atoms with Gasteiger partial charge in [-0.05, 0) is 56.5 Å². The maximum Gasteiger partial charge on any atom is 0.254 e. The number of carbonyl (C=O) groups is 1. The van der Waals surface area contributed by atoms with Crippen molar-refractivity contribution in [3.63, 3.8) is 0 Å². The quantitative estimate of drug-likeness (QED) is 0.379. The van der Waals surface area contributed by atoms with Crippen LogP contribution in [-0.2, 0) is 17.8 Å². The largest absolute Gasteiger partial charge is 0.378 e. The number of aromatic nitrogens is 5. The normalized spacial score (nSPS) is 11.0. The van der Waals surface area contributed by atoms with E-state index < -0.39 is 0 Å². The number of aryl methyl sites for hydroxylation is 3. The SMILES string of the molecule is COCc1c(C(=O)NCCCc2ccncc2)cnn1-c1nccc(-c2cc(C)sc2C)n1. The Kier molecular flexibility index (Phi) is 7.21. The van der Waals surface area contributed by atoms with Crippen LogP contribution < -0.4 is 5.32 Å². The summed E-state index contributed by atoms with van der Waals surface area (Å²) in [6, 6.07) is 7.97. The van der Waals surface area contributed by atoms with Crippen molar-refractivity contribution < 1.29 is 9.53 Å². The van der Waals surface area contributed by atoms with Gasteiger partial charge in [-0.15, -0.1) is 11.3 Å². The van der Waals surface area contributed by atoms with E-state index in [0.29, 0.717) is 23.8 Å². The molecule has 1 N–H and O–H groups in total. The Balaban J connectivity index is 1.51. The van der Waals surface area contributed by atoms with Crippen molar-refractivity contribution in [3.05, 3.63) is 75.6 Å². The van der Waals surface area contributed by atoms with Crippen molar-refractivity contribution in [2.75, 3.05) is 13.7 Å². The molecular formula is C24H26N6O2S. The molecule has 0 aromatic carbocycles. The number of amides is 1. The Morgan fingerprint density at radius 2 is 2.00 bits per heavy atom. The number of hydrogen-bond acceptors (Lipinski definition) is 7. The third kappa shape index (κ3) is 5.32. The van der Waals surface area contributed by atoms with Crippen molar-refractivity contribution in [3.8, 4) is 17.2 Å². The monoisotopic (exact) mass is 462 g/mol. The topological polar surface area (TPSA) is 94.8 Å². The lowest BCUT2D eigenvalue weighted by atomic mass is 10.1. The highest BCUT2D eigenvalue weighted by Gasteiger charge is 2.20. The molecule has 9 heteroatoms. The zero-order chi connectivity index (χ0) is 23.2. The lowest BCUT2D eigenvalue weighted by Gasteiger charge is -2.09. The van der Waals surface area contributed by atoms with Gasteiger partial charge in [-0.2, -0.15) is 9.78 Å². The van der Waals surface area contributed by atoms with Gasteiger partial charge in [0.1, 0.15) is 0 Å². The Labute approximate surface area is 196 Å². The summed E-state index contributed by atoms with van der Waals surface area (Å²) in [5.74, 6) is 0.211. The highest BCUT2D eigenvalue weighted by atomic mass is 32.1. The molecule has 0 fully saturated rings. The summed E-state index contributed by atoms with van der Waals surface area (Å²) in [7, 11) is 1.59. The Morgan fingerprint density at radius 3 is 2.73 bits per heavy atom. The van der Waals surface area contributed by atoms with Gasteiger partial charge in [-0.25, -0.2) is 9.97 Å². The van der Waals surface area contributed by atoms with Gasteiger partial charge in [0.25, 0.3) is 11.9 Å². The smallest absolute Gasteiger partial charge is 0.254 e. The third-order valence-electron chi connectivity index (χ3n) is 5.22. The molecule has 8 nitrogen and oxygen atoms in total. The predicted molar refractivity (Wildman–Crippen MR) is 128 cm³/mol. The van der Waals surface area contributed by atoms with E-state index in [2.05, 4.69) is 40.3 Å². The summed E-state index contributed by atoms with van der Waals surface area (Å²) in [5, 5.41) is 7.39. The van der Waals surface area contributed by atoms with Crippen LogP contribution in [-0.4, -0.2) is 44.3 Å². The lowest BCUT2D eigenvalue weighted by Crippen LogP contribution is -2.26. The average molecular weight is 463 g/mol. The van der Waals surface area contributed by atoms with Gasteiger partial charge < -0.3 is 10.1 Å². The van der Waals surface area contributed by atoms with E-state index in [1.54, 1.807) is 47.9 Å². The van der Waals surface area contributed by atoms with Crippen LogP contribution in [0.2, 0.25) is 0 Å². The van der Waals surface area contributed by atoms with Crippen LogP contribution in [0.25, 0.3) is 17.2 Å². The van der Waals surface area contributed by atoms with Crippen LogP contribution in [0.5, 0.6) is 0 Å². The first-order valence-electron chi connectivity index (χ1n) is 10.7. The van der Waals surface area contributed by atoms with Gasteiger partial charge in [0.15, 0.2) is 0 Å². The van der Waals surface area contributed by atoms with Crippen molar-refractivity contribution in [1.29, 1.82) is 0 Å². The molecule has 170 valence electrons. The summed E-state index contributed by atoms with van der Waals surface area (Å²) in [6.07, 6.45) is 8.50. The number of hydrogen-bond donors (Lipinski definition) is 1. The van der Waals surface area contributed by atoms with Gasteiger partial charge in [0.2, 0.25) is 0 Å². The van der Waals surface area contributed by atoms with E-state index in [4.69, 9.17) is 9.72 Å². The second-order valence-corrected chi connectivity index (χ2v) is 9.09. The fraction of sp³-hybridized carbons (Fsp3) is 0.292. The Hall–Kier alpha value is -3.43. The second-order valence-electron chi connectivity index (χ2n) is 7.63. The molecule has 0 saturated heterocycles. The summed E-state index contributed by atoms with van der Waals surface area (Å²) >= 11 is 1.73. The van der Waals surface area contributed by atoms with Crippen LogP contribution in [0, 0.1) is 13.8 Å². The molecule has 4 aromatic heterocycles. The maximum atomic E-state index is 12.9. The Bertz CT molecular complexity index is 1230. The molecule has 0 bridgehead atoms. The number of nitrogens with one attached hydrogen (secondary N) is 1. The van der Waals surface area contributed by atoms with Gasteiger partial charge in [-0.1, -0.05) is 0 Å². The number of nitrogens with zero attached hydrogens (tertiary/aromatic N) is 5. The van der Waals surface area contributed by atoms with Crippen molar-refractivity contribution >= 4 is 17.2 Å². The predicted octanol–water partition coefficient (Wildman–Crippen LogP) is 3.91.